The molecule has 2 rings (SSSR count). The molecule has 0 unspecified atom stereocenters. The predicted octanol–water partition coefficient (Wildman–Crippen LogP) is -0.161. The van der Waals surface area contributed by atoms with Crippen LogP contribution in [0.15, 0.2) is 34.7 Å². The Morgan fingerprint density at radius 1 is 1.45 bits per heavy atom. The molecule has 0 bridgehead atoms. The van der Waals surface area contributed by atoms with Crippen molar-refractivity contribution in [3.05, 3.63) is 36.0 Å². The Bertz CT molecular complexity index is 757. The lowest BCUT2D eigenvalue weighted by atomic mass is 10.3. The number of nitrogens with one attached hydrogen (secondary N) is 2. The molecule has 0 aliphatic rings. The molecule has 0 fully saturated rings. The Labute approximate surface area is 112 Å². The minimum atomic E-state index is -4.09. The van der Waals surface area contributed by atoms with E-state index < -0.39 is 15.8 Å². The minimum absolute atomic E-state index is 0.0421. The van der Waals surface area contributed by atoms with Gasteiger partial charge in [0.1, 0.15) is 16.5 Å². The fraction of sp³-hybridized carbons (Fsp3) is 0. The van der Waals surface area contributed by atoms with E-state index in [0.29, 0.717) is 0 Å². The normalized spacial score (nSPS) is 12.3. The number of oxime groups is 1. The third kappa shape index (κ3) is 2.66. The number of amidine groups is 1. The minimum Gasteiger partial charge on any atom is -0.409 e. The molecular formula is C9H9FN6O3S. The van der Waals surface area contributed by atoms with Crippen molar-refractivity contribution >= 4 is 21.7 Å². The molecule has 0 aromatic carbocycles. The summed E-state index contributed by atoms with van der Waals surface area (Å²) < 4.78 is 39.1. The number of aromatic amines is 1. The maximum Gasteiger partial charge on any atom is 0.264 e. The number of nitrogens with zero attached hydrogens (tertiary/aromatic N) is 3. The van der Waals surface area contributed by atoms with E-state index in [9.17, 15) is 12.8 Å². The Kier molecular flexibility index (Phi) is 3.52. The summed E-state index contributed by atoms with van der Waals surface area (Å²) in [7, 11) is -4.09. The fourth-order valence-corrected chi connectivity index (χ4v) is 2.35. The Morgan fingerprint density at radius 3 is 2.85 bits per heavy atom. The van der Waals surface area contributed by atoms with Gasteiger partial charge >= 0.3 is 0 Å². The number of halogens is 1. The molecule has 9 nitrogen and oxygen atoms in total. The van der Waals surface area contributed by atoms with Crippen molar-refractivity contribution in [3.8, 4) is 0 Å². The number of H-pyrrole nitrogens is 1. The summed E-state index contributed by atoms with van der Waals surface area (Å²) in [6.07, 6.45) is 3.01. The Morgan fingerprint density at radius 2 is 2.20 bits per heavy atom. The molecular weight excluding hydrogens is 291 g/mol. The second-order valence-corrected chi connectivity index (χ2v) is 5.27. The number of anilines is 1. The van der Waals surface area contributed by atoms with Crippen LogP contribution in [0.4, 0.5) is 10.2 Å². The van der Waals surface area contributed by atoms with E-state index in [1.165, 1.54) is 0 Å². The van der Waals surface area contributed by atoms with Crippen LogP contribution in [0, 0.1) is 5.82 Å². The molecule has 0 aliphatic carbocycles. The van der Waals surface area contributed by atoms with Crippen LogP contribution in [-0.2, 0) is 10.0 Å². The van der Waals surface area contributed by atoms with Crippen LogP contribution in [0.25, 0.3) is 0 Å². The Balaban J connectivity index is 2.37. The highest BCUT2D eigenvalue weighted by atomic mass is 32.2. The van der Waals surface area contributed by atoms with Gasteiger partial charge in [0.05, 0.1) is 18.0 Å². The number of pyridine rings is 1. The smallest absolute Gasteiger partial charge is 0.264 e. The molecule has 0 spiro atoms. The van der Waals surface area contributed by atoms with Gasteiger partial charge in [-0.15, -0.1) is 0 Å². The highest BCUT2D eigenvalue weighted by Crippen LogP contribution is 2.17. The van der Waals surface area contributed by atoms with Crippen molar-refractivity contribution in [2.24, 2.45) is 10.9 Å². The molecule has 2 aromatic rings. The van der Waals surface area contributed by atoms with E-state index in [1.54, 1.807) is 0 Å². The summed E-state index contributed by atoms with van der Waals surface area (Å²) in [4.78, 5) is 3.07. The number of hydrogen-bond donors (Lipinski definition) is 4. The molecule has 5 N–H and O–H groups in total. The summed E-state index contributed by atoms with van der Waals surface area (Å²) in [5.41, 5.74) is 5.40. The molecule has 106 valence electrons. The van der Waals surface area contributed by atoms with Gasteiger partial charge < -0.3 is 10.9 Å². The van der Waals surface area contributed by atoms with Gasteiger partial charge in [0.25, 0.3) is 10.0 Å². The zero-order valence-corrected chi connectivity index (χ0v) is 10.6. The molecule has 2 heterocycles. The molecule has 0 amide bonds. The first-order valence-electron chi connectivity index (χ1n) is 5.08. The summed E-state index contributed by atoms with van der Waals surface area (Å²) >= 11 is 0. The van der Waals surface area contributed by atoms with Crippen LogP contribution in [0.5, 0.6) is 0 Å². The predicted molar refractivity (Wildman–Crippen MR) is 66.1 cm³/mol. The van der Waals surface area contributed by atoms with Gasteiger partial charge in [0, 0.05) is 6.20 Å². The first-order chi connectivity index (χ1) is 9.44. The number of aromatic nitrogens is 3. The lowest BCUT2D eigenvalue weighted by Crippen LogP contribution is -2.19. The van der Waals surface area contributed by atoms with Crippen molar-refractivity contribution in [1.29, 1.82) is 0 Å². The van der Waals surface area contributed by atoms with E-state index in [4.69, 9.17) is 10.9 Å². The van der Waals surface area contributed by atoms with Gasteiger partial charge in [-0.05, 0) is 6.07 Å². The number of sulfonamides is 1. The first kappa shape index (κ1) is 13.7. The zero-order valence-electron chi connectivity index (χ0n) is 9.78. The van der Waals surface area contributed by atoms with Gasteiger partial charge in [0.2, 0.25) is 0 Å². The van der Waals surface area contributed by atoms with Crippen LogP contribution in [0.3, 0.4) is 0 Å². The van der Waals surface area contributed by atoms with Crippen molar-refractivity contribution in [3.63, 3.8) is 0 Å². The summed E-state index contributed by atoms with van der Waals surface area (Å²) in [5.74, 6) is -1.26. The first-order valence-corrected chi connectivity index (χ1v) is 6.57. The van der Waals surface area contributed by atoms with E-state index >= 15 is 0 Å². The van der Waals surface area contributed by atoms with Crippen molar-refractivity contribution in [1.82, 2.24) is 15.2 Å². The summed E-state index contributed by atoms with van der Waals surface area (Å²) in [5, 5.41) is 17.2. The molecule has 2 aromatic heterocycles. The second kappa shape index (κ2) is 5.13. The fourth-order valence-electron chi connectivity index (χ4n) is 1.34. The Hall–Kier alpha value is -2.69. The average molecular weight is 300 g/mol. The number of nitrogens with two attached hydrogens (primary N) is 1. The van der Waals surface area contributed by atoms with Crippen LogP contribution in [-0.4, -0.2) is 34.6 Å². The average Bonchev–Trinajstić information content (AvgIpc) is 2.85. The van der Waals surface area contributed by atoms with E-state index in [0.717, 1.165) is 24.7 Å². The molecule has 0 saturated heterocycles. The monoisotopic (exact) mass is 300 g/mol. The molecule has 0 aliphatic heterocycles. The lowest BCUT2D eigenvalue weighted by molar-refractivity contribution is 0.318. The standard InChI is InChI=1S/C9H9FN6O3S/c10-5-1-6(3-12-2-5)20(18,19)16-9-7(4-13-14-9)8(11)15-17/h1-4,17H,(H2,11,15)(H2,13,14,16). The summed E-state index contributed by atoms with van der Waals surface area (Å²) in [6.45, 7) is 0. The maximum atomic E-state index is 13.0. The van der Waals surface area contributed by atoms with E-state index in [1.807, 2.05) is 0 Å². The molecule has 0 atom stereocenters. The van der Waals surface area contributed by atoms with Crippen LogP contribution in [0.2, 0.25) is 0 Å². The quantitative estimate of drug-likeness (QED) is 0.267. The zero-order chi connectivity index (χ0) is 14.8. The number of rotatable bonds is 4. The van der Waals surface area contributed by atoms with Gasteiger partial charge in [-0.3, -0.25) is 14.8 Å². The lowest BCUT2D eigenvalue weighted by Gasteiger charge is -2.07. The highest BCUT2D eigenvalue weighted by Gasteiger charge is 2.19. The third-order valence-corrected chi connectivity index (χ3v) is 3.57. The van der Waals surface area contributed by atoms with Gasteiger partial charge in [-0.25, -0.2) is 12.8 Å². The van der Waals surface area contributed by atoms with E-state index in [2.05, 4.69) is 25.1 Å². The van der Waals surface area contributed by atoms with Crippen LogP contribution in [0.1, 0.15) is 5.56 Å². The molecule has 0 saturated carbocycles. The number of hydrogen-bond acceptors (Lipinski definition) is 6. The second-order valence-electron chi connectivity index (χ2n) is 3.59. The maximum absolute atomic E-state index is 13.0. The molecule has 0 radical (unpaired) electrons. The molecule has 11 heteroatoms. The van der Waals surface area contributed by atoms with Gasteiger partial charge in [0.15, 0.2) is 5.84 Å². The largest absolute Gasteiger partial charge is 0.409 e. The SMILES string of the molecule is NC(=NO)c1cn[nH]c1NS(=O)(=O)c1cncc(F)c1. The third-order valence-electron chi connectivity index (χ3n) is 2.25. The van der Waals surface area contributed by atoms with Crippen molar-refractivity contribution < 1.29 is 18.0 Å². The van der Waals surface area contributed by atoms with Gasteiger partial charge in [-0.1, -0.05) is 5.16 Å². The summed E-state index contributed by atoms with van der Waals surface area (Å²) in [6, 6.07) is 0.800. The van der Waals surface area contributed by atoms with Crippen LogP contribution >= 0.6 is 0 Å². The molecule has 20 heavy (non-hydrogen) atoms. The van der Waals surface area contributed by atoms with Crippen molar-refractivity contribution in [2.75, 3.05) is 4.72 Å². The topological polar surface area (TPSA) is 146 Å². The van der Waals surface area contributed by atoms with E-state index in [-0.39, 0.29) is 22.1 Å². The van der Waals surface area contributed by atoms with Crippen LogP contribution < -0.4 is 10.5 Å². The van der Waals surface area contributed by atoms with Crippen molar-refractivity contribution in [2.45, 2.75) is 4.90 Å². The van der Waals surface area contributed by atoms with Gasteiger partial charge in [-0.2, -0.15) is 5.10 Å². The highest BCUT2D eigenvalue weighted by molar-refractivity contribution is 7.92.